The molecule has 0 bridgehead atoms. The Balaban J connectivity index is 0. The van der Waals surface area contributed by atoms with Gasteiger partial charge in [0, 0.05) is 32.6 Å². The minimum atomic E-state index is -0.921. The van der Waals surface area contributed by atoms with Crippen LogP contribution in [0.1, 0.15) is 22.8 Å². The van der Waals surface area contributed by atoms with E-state index in [1.165, 1.54) is 0 Å². The second kappa shape index (κ2) is 8.16. The Labute approximate surface area is 132 Å². The molecule has 1 aromatic rings. The molecular formula is C9H11HgNaO2S. The Morgan fingerprint density at radius 2 is 2.07 bits per heavy atom. The van der Waals surface area contributed by atoms with Crippen LogP contribution < -0.4 is 0 Å². The number of carbonyl (C=O) groups is 1. The van der Waals surface area contributed by atoms with Crippen molar-refractivity contribution < 1.29 is 37.6 Å². The average Bonchev–Trinajstić information content (AvgIpc) is 2.04. The van der Waals surface area contributed by atoms with Gasteiger partial charge in [-0.2, -0.15) is 0 Å². The van der Waals surface area contributed by atoms with Gasteiger partial charge in [0.25, 0.3) is 0 Å². The predicted octanol–water partition coefficient (Wildman–Crippen LogP) is 1.58. The van der Waals surface area contributed by atoms with Crippen LogP contribution in [0.15, 0.2) is 23.1 Å². The van der Waals surface area contributed by atoms with E-state index >= 15 is 0 Å². The molecule has 0 atom stereocenters. The topological polar surface area (TPSA) is 37.3 Å². The van der Waals surface area contributed by atoms with Gasteiger partial charge in [-0.3, -0.25) is 0 Å². The summed E-state index contributed by atoms with van der Waals surface area (Å²) in [7, 11) is 0. The maximum absolute atomic E-state index is 10.6. The summed E-state index contributed by atoms with van der Waals surface area (Å²) in [4.78, 5) is 11.2. The van der Waals surface area contributed by atoms with E-state index in [1.54, 1.807) is 12.1 Å². The van der Waals surface area contributed by atoms with E-state index in [9.17, 15) is 4.79 Å². The van der Waals surface area contributed by atoms with Gasteiger partial charge in [0.2, 0.25) is 0 Å². The van der Waals surface area contributed by atoms with Crippen molar-refractivity contribution in [2.75, 3.05) is 0 Å². The van der Waals surface area contributed by atoms with Crippen molar-refractivity contribution >= 4 is 48.2 Å². The molecule has 0 spiro atoms. The van der Waals surface area contributed by atoms with Crippen molar-refractivity contribution in [1.82, 2.24) is 0 Å². The molecule has 2 nitrogen and oxygen atoms in total. The number of hydrogen-bond acceptors (Lipinski definition) is 2. The van der Waals surface area contributed by atoms with Gasteiger partial charge in [0.1, 0.15) is 0 Å². The molecule has 0 radical (unpaired) electrons. The number of carboxylic acids is 1. The van der Waals surface area contributed by atoms with Crippen molar-refractivity contribution in [3.63, 3.8) is 0 Å². The average molecular weight is 407 g/mol. The quantitative estimate of drug-likeness (QED) is 0.578. The SMILES string of the molecule is CCc1cccc(C(=O)O)c1S.[Hg].[NaH]. The maximum atomic E-state index is 10.6. The molecule has 0 saturated carbocycles. The molecule has 0 aliphatic heterocycles. The van der Waals surface area contributed by atoms with Crippen LogP contribution in [-0.4, -0.2) is 40.6 Å². The van der Waals surface area contributed by atoms with E-state index in [-0.39, 0.29) is 62.8 Å². The van der Waals surface area contributed by atoms with Crippen molar-refractivity contribution in [3.05, 3.63) is 29.3 Å². The molecule has 0 saturated heterocycles. The summed E-state index contributed by atoms with van der Waals surface area (Å²) in [5.74, 6) is -0.921. The normalized spacial score (nSPS) is 8.43. The molecule has 0 aliphatic rings. The van der Waals surface area contributed by atoms with E-state index in [0.29, 0.717) is 4.90 Å². The molecule has 0 fully saturated rings. The van der Waals surface area contributed by atoms with E-state index < -0.39 is 5.97 Å². The molecular weight excluding hydrogens is 396 g/mol. The zero-order valence-corrected chi connectivity index (χ0v) is 13.8. The number of aryl methyl sites for hydroxylation is 1. The first-order valence-electron chi connectivity index (χ1n) is 3.71. The van der Waals surface area contributed by atoms with Gasteiger partial charge < -0.3 is 5.11 Å². The molecule has 1 rings (SSSR count). The Morgan fingerprint density at radius 3 is 2.50 bits per heavy atom. The monoisotopic (exact) mass is 408 g/mol. The first-order valence-corrected chi connectivity index (χ1v) is 4.15. The Morgan fingerprint density at radius 1 is 1.50 bits per heavy atom. The van der Waals surface area contributed by atoms with Gasteiger partial charge >= 0.3 is 35.5 Å². The van der Waals surface area contributed by atoms with E-state index in [4.69, 9.17) is 5.11 Å². The number of aromatic carboxylic acids is 1. The summed E-state index contributed by atoms with van der Waals surface area (Å²) in [5.41, 5.74) is 1.25. The summed E-state index contributed by atoms with van der Waals surface area (Å²) >= 11 is 4.15. The van der Waals surface area contributed by atoms with Crippen LogP contribution >= 0.6 is 12.6 Å². The third kappa shape index (κ3) is 4.23. The van der Waals surface area contributed by atoms with Gasteiger partial charge in [-0.15, -0.1) is 12.6 Å². The van der Waals surface area contributed by atoms with Crippen LogP contribution in [-0.2, 0) is 34.1 Å². The van der Waals surface area contributed by atoms with E-state index in [1.807, 2.05) is 13.0 Å². The molecule has 1 N–H and O–H groups in total. The van der Waals surface area contributed by atoms with Crippen molar-refractivity contribution in [3.8, 4) is 0 Å². The number of carboxylic acid groups (broad SMARTS) is 1. The van der Waals surface area contributed by atoms with Gasteiger partial charge in [-0.25, -0.2) is 4.79 Å². The number of hydrogen-bond donors (Lipinski definition) is 2. The Bertz CT molecular complexity index is 318. The molecule has 68 valence electrons. The van der Waals surface area contributed by atoms with Crippen LogP contribution in [0.3, 0.4) is 0 Å². The third-order valence-corrected chi connectivity index (χ3v) is 2.26. The fourth-order valence-corrected chi connectivity index (χ4v) is 1.45. The summed E-state index contributed by atoms with van der Waals surface area (Å²) in [6, 6.07) is 5.18. The first-order chi connectivity index (χ1) is 5.66. The van der Waals surface area contributed by atoms with Gasteiger partial charge in [-0.05, 0) is 18.1 Å². The molecule has 0 amide bonds. The summed E-state index contributed by atoms with van der Waals surface area (Å²) < 4.78 is 0. The summed E-state index contributed by atoms with van der Waals surface area (Å²) in [6.45, 7) is 1.97. The van der Waals surface area contributed by atoms with Crippen molar-refractivity contribution in [2.24, 2.45) is 0 Å². The number of rotatable bonds is 2. The van der Waals surface area contributed by atoms with Crippen molar-refractivity contribution in [2.45, 2.75) is 18.2 Å². The predicted molar refractivity (Wildman–Crippen MR) is 57.2 cm³/mol. The standard InChI is InChI=1S/C9H10O2S.Hg.Na.H/c1-2-6-4-3-5-7(8(6)12)9(10)11;;;/h3-5,12H,2H2,1H3,(H,10,11);;;. The molecule has 0 unspecified atom stereocenters. The molecule has 0 aromatic heterocycles. The Hall–Kier alpha value is 0.975. The number of thiol groups is 1. The number of benzene rings is 1. The molecule has 1 aromatic carbocycles. The zero-order chi connectivity index (χ0) is 9.14. The Kier molecular flexibility index (Phi) is 10.1. The minimum absolute atomic E-state index is 0. The third-order valence-electron chi connectivity index (χ3n) is 1.73. The van der Waals surface area contributed by atoms with Gasteiger partial charge in [0.05, 0.1) is 5.56 Å². The fraction of sp³-hybridized carbons (Fsp3) is 0.222. The van der Waals surface area contributed by atoms with Crippen LogP contribution in [0.25, 0.3) is 0 Å². The molecule has 14 heavy (non-hydrogen) atoms. The molecule has 0 heterocycles. The van der Waals surface area contributed by atoms with Crippen LogP contribution in [0.5, 0.6) is 0 Å². The van der Waals surface area contributed by atoms with Crippen molar-refractivity contribution in [1.29, 1.82) is 0 Å². The summed E-state index contributed by atoms with van der Waals surface area (Å²) in [6.07, 6.45) is 0.806. The molecule has 5 heteroatoms. The van der Waals surface area contributed by atoms with Crippen LogP contribution in [0, 0.1) is 0 Å². The molecule has 0 aliphatic carbocycles. The van der Waals surface area contributed by atoms with Gasteiger partial charge in [0.15, 0.2) is 0 Å². The first kappa shape index (κ1) is 17.4. The van der Waals surface area contributed by atoms with E-state index in [0.717, 1.165) is 12.0 Å². The van der Waals surface area contributed by atoms with E-state index in [2.05, 4.69) is 12.6 Å². The second-order valence-corrected chi connectivity index (χ2v) is 2.92. The van der Waals surface area contributed by atoms with Crippen LogP contribution in [0.2, 0.25) is 0 Å². The second-order valence-electron chi connectivity index (χ2n) is 2.47. The zero-order valence-electron chi connectivity index (χ0n) is 7.45. The fourth-order valence-electron chi connectivity index (χ4n) is 1.05. The van der Waals surface area contributed by atoms with Crippen LogP contribution in [0.4, 0.5) is 0 Å². The summed E-state index contributed by atoms with van der Waals surface area (Å²) in [5, 5.41) is 8.74. The van der Waals surface area contributed by atoms with Gasteiger partial charge in [-0.1, -0.05) is 19.1 Å².